The Morgan fingerprint density at radius 2 is 1.66 bits per heavy atom. The number of piperidine rings is 1. The van der Waals surface area contributed by atoms with Gasteiger partial charge in [0, 0.05) is 48.1 Å². The zero-order valence-electron chi connectivity index (χ0n) is 19.2. The summed E-state index contributed by atoms with van der Waals surface area (Å²) in [7, 11) is 0. The lowest BCUT2D eigenvalue weighted by atomic mass is 10.0. The average Bonchev–Trinajstić information content (AvgIpc) is 3.79. The molecule has 9 heteroatoms. The molecule has 2 aromatic heterocycles. The number of likely N-dealkylation sites (tertiary alicyclic amines) is 1. The van der Waals surface area contributed by atoms with Gasteiger partial charge in [0.1, 0.15) is 0 Å². The smallest absolute Gasteiger partial charge is 0.272 e. The van der Waals surface area contributed by atoms with Crippen molar-refractivity contribution in [1.29, 1.82) is 0 Å². The van der Waals surface area contributed by atoms with Gasteiger partial charge in [-0.1, -0.05) is 6.07 Å². The van der Waals surface area contributed by atoms with Crippen molar-refractivity contribution in [2.24, 2.45) is 11.8 Å². The molecule has 3 aliphatic rings. The van der Waals surface area contributed by atoms with Gasteiger partial charge >= 0.3 is 0 Å². The largest absolute Gasteiger partial charge is 0.348 e. The summed E-state index contributed by atoms with van der Waals surface area (Å²) in [6.07, 6.45) is 6.33. The van der Waals surface area contributed by atoms with Crippen molar-refractivity contribution in [3.63, 3.8) is 0 Å². The van der Waals surface area contributed by atoms with Crippen molar-refractivity contribution < 1.29 is 18.8 Å². The van der Waals surface area contributed by atoms with E-state index >= 15 is 0 Å². The molecule has 1 aromatic carbocycles. The molecule has 0 bridgehead atoms. The summed E-state index contributed by atoms with van der Waals surface area (Å²) in [6, 6.07) is 8.32. The van der Waals surface area contributed by atoms with E-state index in [1.165, 1.54) is 10.9 Å². The first kappa shape index (κ1) is 21.9. The second kappa shape index (κ2) is 8.55. The molecule has 1 N–H and O–H groups in total. The number of carbonyl (C=O) groups excluding carboxylic acids is 3. The summed E-state index contributed by atoms with van der Waals surface area (Å²) in [4.78, 5) is 44.1. The Balaban J connectivity index is 1.28. The second-order valence-electron chi connectivity index (χ2n) is 9.79. The van der Waals surface area contributed by atoms with E-state index in [0.29, 0.717) is 48.0 Å². The summed E-state index contributed by atoms with van der Waals surface area (Å²) in [5.74, 6) is -0.744. The van der Waals surface area contributed by atoms with Gasteiger partial charge in [-0.05, 0) is 68.4 Å². The third kappa shape index (κ3) is 4.19. The molecule has 2 saturated carbocycles. The SMILES string of the molecule is O=C(NC1CCN(C(=O)C2CC2)CC1)c1nn(C(=O)C2CC2)c2ccc(-c3cccnc3F)cc12. The fourth-order valence-electron chi connectivity index (χ4n) is 4.81. The van der Waals surface area contributed by atoms with Crippen LogP contribution in [0.4, 0.5) is 4.39 Å². The minimum Gasteiger partial charge on any atom is -0.348 e. The van der Waals surface area contributed by atoms with Crippen LogP contribution < -0.4 is 5.32 Å². The molecular formula is C26H26FN5O3. The number of benzene rings is 1. The molecule has 6 rings (SSSR count). The quantitative estimate of drug-likeness (QED) is 0.571. The van der Waals surface area contributed by atoms with Gasteiger partial charge in [-0.2, -0.15) is 14.2 Å². The number of nitrogens with one attached hydrogen (secondary N) is 1. The van der Waals surface area contributed by atoms with Gasteiger partial charge in [-0.15, -0.1) is 0 Å². The maximum Gasteiger partial charge on any atom is 0.272 e. The van der Waals surface area contributed by atoms with Crippen molar-refractivity contribution in [2.45, 2.75) is 44.6 Å². The van der Waals surface area contributed by atoms with Crippen LogP contribution in [0, 0.1) is 17.8 Å². The highest BCUT2D eigenvalue weighted by molar-refractivity contribution is 6.08. The number of nitrogens with zero attached hydrogens (tertiary/aromatic N) is 4. The van der Waals surface area contributed by atoms with E-state index < -0.39 is 5.95 Å². The summed E-state index contributed by atoms with van der Waals surface area (Å²) >= 11 is 0. The van der Waals surface area contributed by atoms with Crippen molar-refractivity contribution in [1.82, 2.24) is 25.0 Å². The van der Waals surface area contributed by atoms with Crippen LogP contribution >= 0.6 is 0 Å². The molecule has 3 aromatic rings. The monoisotopic (exact) mass is 475 g/mol. The normalized spacial score (nSPS) is 18.6. The topological polar surface area (TPSA) is 97.2 Å². The van der Waals surface area contributed by atoms with Gasteiger partial charge < -0.3 is 10.2 Å². The second-order valence-corrected chi connectivity index (χ2v) is 9.79. The van der Waals surface area contributed by atoms with Gasteiger partial charge in [0.25, 0.3) is 11.8 Å². The van der Waals surface area contributed by atoms with Crippen molar-refractivity contribution in [3.8, 4) is 11.1 Å². The number of carbonyl (C=O) groups is 3. The molecule has 180 valence electrons. The van der Waals surface area contributed by atoms with Crippen LogP contribution in [0.3, 0.4) is 0 Å². The summed E-state index contributed by atoms with van der Waals surface area (Å²) in [5.41, 5.74) is 1.55. The molecule has 0 unspecified atom stereocenters. The third-order valence-electron chi connectivity index (χ3n) is 7.17. The maximum absolute atomic E-state index is 14.3. The Morgan fingerprint density at radius 1 is 0.943 bits per heavy atom. The fraction of sp³-hybridized carbons (Fsp3) is 0.423. The highest BCUT2D eigenvalue weighted by Crippen LogP contribution is 2.34. The van der Waals surface area contributed by atoms with Crippen LogP contribution in [0.1, 0.15) is 53.8 Å². The molecule has 0 spiro atoms. The summed E-state index contributed by atoms with van der Waals surface area (Å²) < 4.78 is 15.7. The standard InChI is InChI=1S/C26H26FN5O3/c27-23-19(2-1-11-28-23)17-7-8-21-20(14-17)22(30-32(21)26(35)16-5-6-16)24(33)29-18-9-12-31(13-10-18)25(34)15-3-4-15/h1-2,7-8,11,14-16,18H,3-6,9-10,12-13H2,(H,29,33). The molecule has 8 nitrogen and oxygen atoms in total. The minimum atomic E-state index is -0.605. The Labute approximate surface area is 201 Å². The lowest BCUT2D eigenvalue weighted by molar-refractivity contribution is -0.133. The Kier molecular flexibility index (Phi) is 5.35. The van der Waals surface area contributed by atoms with Gasteiger partial charge in [-0.25, -0.2) is 4.98 Å². The molecule has 3 fully saturated rings. The van der Waals surface area contributed by atoms with Gasteiger partial charge in [0.05, 0.1) is 5.52 Å². The molecule has 1 aliphatic heterocycles. The van der Waals surface area contributed by atoms with Crippen molar-refractivity contribution in [2.75, 3.05) is 13.1 Å². The lowest BCUT2D eigenvalue weighted by Crippen LogP contribution is -2.47. The number of fused-ring (bicyclic) bond motifs is 1. The van der Waals surface area contributed by atoms with E-state index in [1.54, 1.807) is 30.3 Å². The molecule has 35 heavy (non-hydrogen) atoms. The zero-order valence-corrected chi connectivity index (χ0v) is 19.2. The van der Waals surface area contributed by atoms with E-state index in [4.69, 9.17) is 0 Å². The van der Waals surface area contributed by atoms with Crippen LogP contribution in [0.15, 0.2) is 36.5 Å². The fourth-order valence-corrected chi connectivity index (χ4v) is 4.81. The number of rotatable bonds is 5. The van der Waals surface area contributed by atoms with E-state index in [9.17, 15) is 18.8 Å². The van der Waals surface area contributed by atoms with Crippen LogP contribution in [0.5, 0.6) is 0 Å². The number of amides is 2. The maximum atomic E-state index is 14.3. The minimum absolute atomic E-state index is 0.0715. The van der Waals surface area contributed by atoms with Gasteiger partial charge in [0.15, 0.2) is 5.69 Å². The van der Waals surface area contributed by atoms with E-state index in [1.807, 2.05) is 4.90 Å². The number of hydrogen-bond acceptors (Lipinski definition) is 5. The zero-order chi connectivity index (χ0) is 24.1. The molecule has 1 saturated heterocycles. The highest BCUT2D eigenvalue weighted by Gasteiger charge is 2.36. The third-order valence-corrected chi connectivity index (χ3v) is 7.17. The Morgan fingerprint density at radius 3 is 2.34 bits per heavy atom. The molecular weight excluding hydrogens is 449 g/mol. The highest BCUT2D eigenvalue weighted by atomic mass is 19.1. The first-order valence-corrected chi connectivity index (χ1v) is 12.3. The van der Waals surface area contributed by atoms with Gasteiger partial charge in [-0.3, -0.25) is 14.4 Å². The van der Waals surface area contributed by atoms with Crippen LogP contribution in [-0.2, 0) is 4.79 Å². The van der Waals surface area contributed by atoms with Crippen molar-refractivity contribution in [3.05, 3.63) is 48.2 Å². The van der Waals surface area contributed by atoms with Crippen LogP contribution in [-0.4, -0.2) is 56.5 Å². The van der Waals surface area contributed by atoms with Gasteiger partial charge in [0.2, 0.25) is 11.9 Å². The predicted molar refractivity (Wildman–Crippen MR) is 126 cm³/mol. The molecule has 0 radical (unpaired) electrons. The van der Waals surface area contributed by atoms with Crippen LogP contribution in [0.2, 0.25) is 0 Å². The number of halogens is 1. The molecule has 0 atom stereocenters. The number of pyridine rings is 1. The Bertz CT molecular complexity index is 1340. The molecule has 3 heterocycles. The number of hydrogen-bond donors (Lipinski definition) is 1. The predicted octanol–water partition coefficient (Wildman–Crippen LogP) is 3.42. The van der Waals surface area contributed by atoms with E-state index in [0.717, 1.165) is 25.7 Å². The van der Waals surface area contributed by atoms with E-state index in [-0.39, 0.29) is 41.3 Å². The molecule has 2 aliphatic carbocycles. The van der Waals surface area contributed by atoms with E-state index in [2.05, 4.69) is 15.4 Å². The van der Waals surface area contributed by atoms with Crippen molar-refractivity contribution >= 4 is 28.6 Å². The summed E-state index contributed by atoms with van der Waals surface area (Å²) in [5, 5.41) is 7.98. The number of aromatic nitrogens is 3. The first-order chi connectivity index (χ1) is 17.0. The average molecular weight is 476 g/mol. The van der Waals surface area contributed by atoms with Crippen LogP contribution in [0.25, 0.3) is 22.0 Å². The first-order valence-electron chi connectivity index (χ1n) is 12.3. The summed E-state index contributed by atoms with van der Waals surface area (Å²) in [6.45, 7) is 1.25. The molecule has 2 amide bonds. The lowest BCUT2D eigenvalue weighted by Gasteiger charge is -2.32. The Hall–Kier alpha value is -3.62.